The molecule has 9 heteroatoms. The summed E-state index contributed by atoms with van der Waals surface area (Å²) in [7, 11) is -3.84. The number of nitrogens with zero attached hydrogens (tertiary/aromatic N) is 2. The number of hydrogen-bond acceptors (Lipinski definition) is 5. The minimum atomic E-state index is -3.84. The summed E-state index contributed by atoms with van der Waals surface area (Å²) in [5.41, 5.74) is 3.41. The molecule has 36 heavy (non-hydrogen) atoms. The molecule has 2 aromatic carbocycles. The first-order chi connectivity index (χ1) is 17.2. The fourth-order valence-electron chi connectivity index (χ4n) is 5.16. The number of rotatable bonds is 4. The maximum absolute atomic E-state index is 13.6. The highest BCUT2D eigenvalue weighted by molar-refractivity contribution is 7.89. The van der Waals surface area contributed by atoms with Crippen LogP contribution in [0.25, 0.3) is 5.57 Å². The van der Waals surface area contributed by atoms with Gasteiger partial charge in [-0.15, -0.1) is 0 Å². The highest BCUT2D eigenvalue weighted by atomic mass is 32.2. The highest BCUT2D eigenvalue weighted by Crippen LogP contribution is 2.36. The van der Waals surface area contributed by atoms with Crippen molar-refractivity contribution in [3.8, 4) is 5.75 Å². The van der Waals surface area contributed by atoms with Gasteiger partial charge in [-0.25, -0.2) is 8.42 Å². The Morgan fingerprint density at radius 2 is 1.92 bits per heavy atom. The van der Waals surface area contributed by atoms with E-state index in [1.807, 2.05) is 23.1 Å². The number of carbonyl (C=O) groups excluding carboxylic acids is 2. The average Bonchev–Trinajstić information content (AvgIpc) is 2.89. The van der Waals surface area contributed by atoms with E-state index in [4.69, 9.17) is 4.74 Å². The topological polar surface area (TPSA) is 96.0 Å². The number of aryl methyl sites for hydroxylation is 1. The maximum Gasteiger partial charge on any atom is 0.265 e. The molecule has 0 aromatic heterocycles. The Kier molecular flexibility index (Phi) is 6.61. The molecular weight excluding hydrogens is 478 g/mol. The van der Waals surface area contributed by atoms with Gasteiger partial charge in [-0.2, -0.15) is 4.31 Å². The minimum Gasteiger partial charge on any atom is -0.479 e. The zero-order valence-electron chi connectivity index (χ0n) is 20.6. The van der Waals surface area contributed by atoms with Gasteiger partial charge in [-0.05, 0) is 55.9 Å². The number of carbonyl (C=O) groups is 2. The van der Waals surface area contributed by atoms with E-state index in [0.717, 1.165) is 6.42 Å². The molecule has 8 nitrogen and oxygen atoms in total. The molecule has 2 atom stereocenters. The van der Waals surface area contributed by atoms with E-state index in [1.165, 1.54) is 21.5 Å². The lowest BCUT2D eigenvalue weighted by Crippen LogP contribution is -2.47. The Balaban J connectivity index is 1.30. The van der Waals surface area contributed by atoms with Gasteiger partial charge in [0.2, 0.25) is 15.9 Å². The van der Waals surface area contributed by atoms with Crippen molar-refractivity contribution in [2.24, 2.45) is 5.92 Å². The van der Waals surface area contributed by atoms with Crippen molar-refractivity contribution in [2.45, 2.75) is 44.1 Å². The van der Waals surface area contributed by atoms with Crippen LogP contribution >= 0.6 is 0 Å². The van der Waals surface area contributed by atoms with Crippen LogP contribution in [-0.2, 0) is 19.6 Å². The molecule has 3 aliphatic heterocycles. The summed E-state index contributed by atoms with van der Waals surface area (Å²) < 4.78 is 34.3. The number of sulfonamides is 1. The van der Waals surface area contributed by atoms with Crippen LogP contribution < -0.4 is 10.1 Å². The van der Waals surface area contributed by atoms with Crippen LogP contribution in [0.3, 0.4) is 0 Å². The van der Waals surface area contributed by atoms with Crippen LogP contribution in [0.2, 0.25) is 0 Å². The summed E-state index contributed by atoms with van der Waals surface area (Å²) >= 11 is 0. The van der Waals surface area contributed by atoms with Gasteiger partial charge in [-0.1, -0.05) is 36.4 Å². The molecule has 0 unspecified atom stereocenters. The predicted octanol–water partition coefficient (Wildman–Crippen LogP) is 3.43. The van der Waals surface area contributed by atoms with Gasteiger partial charge in [0.05, 0.1) is 16.5 Å². The molecule has 1 saturated heterocycles. The quantitative estimate of drug-likeness (QED) is 0.681. The summed E-state index contributed by atoms with van der Waals surface area (Å²) in [6.45, 7) is 5.03. The fraction of sp³-hybridized carbons (Fsp3) is 0.407. The standard InChI is InChI=1S/C27H31N3O5S/c1-18-15-23-24(35-19(2)26(31)28-23)16-25(18)36(33,34)30-12-6-9-22(17-30)27(32)29-13-10-21(11-14-29)20-7-4-3-5-8-20/h3-5,7-8,10,15-16,19,22H,6,9,11-14,17H2,1-2H3,(H,28,31)/t19-,22+/m0/s1. The summed E-state index contributed by atoms with van der Waals surface area (Å²) in [6, 6.07) is 13.3. The number of ether oxygens (including phenoxy) is 1. The Hall–Kier alpha value is -3.17. The Morgan fingerprint density at radius 3 is 2.64 bits per heavy atom. The van der Waals surface area contributed by atoms with Crippen LogP contribution in [0.15, 0.2) is 53.4 Å². The molecule has 0 spiro atoms. The van der Waals surface area contributed by atoms with E-state index >= 15 is 0 Å². The van der Waals surface area contributed by atoms with Crippen LogP contribution in [0.4, 0.5) is 5.69 Å². The number of nitrogens with one attached hydrogen (secondary N) is 1. The minimum absolute atomic E-state index is 0.0142. The van der Waals surface area contributed by atoms with E-state index in [9.17, 15) is 18.0 Å². The number of benzene rings is 2. The molecule has 0 aliphatic carbocycles. The van der Waals surface area contributed by atoms with Crippen molar-refractivity contribution in [3.63, 3.8) is 0 Å². The third-order valence-electron chi connectivity index (χ3n) is 7.22. The van der Waals surface area contributed by atoms with Gasteiger partial charge in [0.25, 0.3) is 5.91 Å². The largest absolute Gasteiger partial charge is 0.479 e. The lowest BCUT2D eigenvalue weighted by atomic mass is 9.95. The SMILES string of the molecule is Cc1cc2c(cc1S(=O)(=O)N1CCC[C@@H](C(=O)N3CC=C(c4ccccc4)CC3)C1)O[C@@H](C)C(=O)N2. The molecule has 1 N–H and O–H groups in total. The third-order valence-corrected chi connectivity index (χ3v) is 9.23. The first-order valence-electron chi connectivity index (χ1n) is 12.4. The first-order valence-corrected chi connectivity index (χ1v) is 13.8. The van der Waals surface area contributed by atoms with Gasteiger partial charge in [0.15, 0.2) is 6.10 Å². The molecule has 2 aromatic rings. The van der Waals surface area contributed by atoms with E-state index < -0.39 is 16.1 Å². The van der Waals surface area contributed by atoms with E-state index in [2.05, 4.69) is 23.5 Å². The van der Waals surface area contributed by atoms with Gasteiger partial charge in [0.1, 0.15) is 5.75 Å². The number of fused-ring (bicyclic) bond motifs is 1. The molecule has 190 valence electrons. The molecule has 2 amide bonds. The molecular formula is C27H31N3O5S. The van der Waals surface area contributed by atoms with Gasteiger partial charge < -0.3 is 15.0 Å². The molecule has 0 saturated carbocycles. The van der Waals surface area contributed by atoms with Crippen molar-refractivity contribution < 1.29 is 22.7 Å². The van der Waals surface area contributed by atoms with E-state index in [1.54, 1.807) is 19.9 Å². The smallest absolute Gasteiger partial charge is 0.265 e. The van der Waals surface area contributed by atoms with E-state index in [-0.39, 0.29) is 29.2 Å². The second-order valence-electron chi connectivity index (χ2n) is 9.70. The second-order valence-corrected chi connectivity index (χ2v) is 11.6. The van der Waals surface area contributed by atoms with Gasteiger partial charge in [0, 0.05) is 32.2 Å². The molecule has 0 radical (unpaired) electrons. The van der Waals surface area contributed by atoms with Crippen molar-refractivity contribution >= 4 is 33.1 Å². The normalized spacial score (nSPS) is 22.8. The lowest BCUT2D eigenvalue weighted by molar-refractivity contribution is -0.136. The van der Waals surface area contributed by atoms with Crippen LogP contribution in [0, 0.1) is 12.8 Å². The highest BCUT2D eigenvalue weighted by Gasteiger charge is 2.37. The summed E-state index contributed by atoms with van der Waals surface area (Å²) in [5.74, 6) is -0.280. The molecule has 3 heterocycles. The van der Waals surface area contributed by atoms with Crippen LogP contribution in [-0.4, -0.2) is 61.7 Å². The third kappa shape index (κ3) is 4.65. The zero-order chi connectivity index (χ0) is 25.4. The average molecular weight is 510 g/mol. The summed E-state index contributed by atoms with van der Waals surface area (Å²) in [5, 5.41) is 2.75. The first kappa shape index (κ1) is 24.5. The van der Waals surface area contributed by atoms with Crippen LogP contribution in [0.5, 0.6) is 5.75 Å². The monoisotopic (exact) mass is 509 g/mol. The maximum atomic E-state index is 13.6. The molecule has 3 aliphatic rings. The lowest BCUT2D eigenvalue weighted by Gasteiger charge is -2.35. The Labute approximate surface area is 212 Å². The number of hydrogen-bond donors (Lipinski definition) is 1. The van der Waals surface area contributed by atoms with Crippen LogP contribution in [0.1, 0.15) is 37.3 Å². The van der Waals surface area contributed by atoms with Gasteiger partial charge in [-0.3, -0.25) is 9.59 Å². The van der Waals surface area contributed by atoms with E-state index in [0.29, 0.717) is 49.5 Å². The summed E-state index contributed by atoms with van der Waals surface area (Å²) in [6.07, 6.45) is 3.49. The number of anilines is 1. The Bertz CT molecular complexity index is 1320. The van der Waals surface area contributed by atoms with Crippen molar-refractivity contribution in [1.82, 2.24) is 9.21 Å². The van der Waals surface area contributed by atoms with Crippen molar-refractivity contribution in [1.29, 1.82) is 0 Å². The van der Waals surface area contributed by atoms with Gasteiger partial charge >= 0.3 is 0 Å². The number of amides is 2. The molecule has 5 rings (SSSR count). The number of piperidine rings is 1. The molecule has 1 fully saturated rings. The predicted molar refractivity (Wildman–Crippen MR) is 137 cm³/mol. The zero-order valence-corrected chi connectivity index (χ0v) is 21.4. The Morgan fingerprint density at radius 1 is 1.14 bits per heavy atom. The molecule has 0 bridgehead atoms. The second kappa shape index (κ2) is 9.71. The van der Waals surface area contributed by atoms with Crippen molar-refractivity contribution in [3.05, 3.63) is 59.7 Å². The summed E-state index contributed by atoms with van der Waals surface area (Å²) in [4.78, 5) is 27.2. The fourth-order valence-corrected chi connectivity index (χ4v) is 6.91. The van der Waals surface area contributed by atoms with Crippen molar-refractivity contribution in [2.75, 3.05) is 31.5 Å².